The minimum absolute atomic E-state index is 0.0139. The Labute approximate surface area is 176 Å². The number of amides is 1. The highest BCUT2D eigenvalue weighted by Gasteiger charge is 2.27. The van der Waals surface area contributed by atoms with Crippen LogP contribution in [-0.2, 0) is 16.0 Å². The van der Waals surface area contributed by atoms with Crippen molar-refractivity contribution in [3.8, 4) is 16.9 Å². The molecule has 0 saturated carbocycles. The van der Waals surface area contributed by atoms with Crippen LogP contribution in [0.3, 0.4) is 0 Å². The van der Waals surface area contributed by atoms with E-state index in [0.717, 1.165) is 25.3 Å². The molecule has 2 unspecified atom stereocenters. The van der Waals surface area contributed by atoms with Gasteiger partial charge in [-0.1, -0.05) is 18.2 Å². The highest BCUT2D eigenvalue weighted by molar-refractivity contribution is 7.98. The third-order valence-corrected chi connectivity index (χ3v) is 6.45. The van der Waals surface area contributed by atoms with Gasteiger partial charge in [-0.3, -0.25) is 9.69 Å². The van der Waals surface area contributed by atoms with Crippen LogP contribution < -0.4 is 10.1 Å². The Morgan fingerprint density at radius 2 is 1.90 bits per heavy atom. The maximum absolute atomic E-state index is 12.5. The van der Waals surface area contributed by atoms with Gasteiger partial charge in [0.2, 0.25) is 5.91 Å². The topological polar surface area (TPSA) is 50.8 Å². The molecule has 1 amide bonds. The minimum Gasteiger partial charge on any atom is -0.488 e. The maximum atomic E-state index is 12.5. The maximum Gasteiger partial charge on any atom is 0.237 e. The highest BCUT2D eigenvalue weighted by Crippen LogP contribution is 2.33. The summed E-state index contributed by atoms with van der Waals surface area (Å²) < 4.78 is 11.4. The molecule has 0 aromatic heterocycles. The molecule has 154 valence electrons. The molecule has 0 spiro atoms. The summed E-state index contributed by atoms with van der Waals surface area (Å²) in [4.78, 5) is 15.9. The lowest BCUT2D eigenvalue weighted by molar-refractivity contribution is -0.127. The fraction of sp³-hybridized carbons (Fsp3) is 0.435. The van der Waals surface area contributed by atoms with Crippen LogP contribution in [0.15, 0.2) is 47.4 Å². The zero-order valence-corrected chi connectivity index (χ0v) is 17.8. The van der Waals surface area contributed by atoms with Crippen LogP contribution in [-0.4, -0.2) is 62.1 Å². The van der Waals surface area contributed by atoms with Gasteiger partial charge in [-0.2, -0.15) is 0 Å². The lowest BCUT2D eigenvalue weighted by Gasteiger charge is -2.31. The summed E-state index contributed by atoms with van der Waals surface area (Å²) in [5.41, 5.74) is 3.62. The quantitative estimate of drug-likeness (QED) is 0.739. The van der Waals surface area contributed by atoms with Crippen LogP contribution in [0.1, 0.15) is 12.5 Å². The predicted molar refractivity (Wildman–Crippen MR) is 117 cm³/mol. The van der Waals surface area contributed by atoms with Crippen molar-refractivity contribution in [2.75, 3.05) is 39.1 Å². The van der Waals surface area contributed by atoms with Crippen molar-refractivity contribution in [1.82, 2.24) is 10.2 Å². The van der Waals surface area contributed by atoms with Gasteiger partial charge in [0.1, 0.15) is 11.9 Å². The Bertz CT molecular complexity index is 850. The van der Waals surface area contributed by atoms with E-state index in [-0.39, 0.29) is 18.1 Å². The number of benzene rings is 2. The summed E-state index contributed by atoms with van der Waals surface area (Å²) in [6.45, 7) is 5.49. The number of fused-ring (bicyclic) bond motifs is 1. The number of morpholine rings is 1. The van der Waals surface area contributed by atoms with Gasteiger partial charge in [0, 0.05) is 24.4 Å². The van der Waals surface area contributed by atoms with Crippen molar-refractivity contribution in [3.05, 3.63) is 48.0 Å². The van der Waals surface area contributed by atoms with Crippen LogP contribution in [0.2, 0.25) is 0 Å². The van der Waals surface area contributed by atoms with Crippen molar-refractivity contribution in [2.45, 2.75) is 30.4 Å². The number of hydrogen-bond donors (Lipinski definition) is 1. The van der Waals surface area contributed by atoms with Crippen molar-refractivity contribution in [3.63, 3.8) is 0 Å². The summed E-state index contributed by atoms with van der Waals surface area (Å²) >= 11 is 1.75. The number of nitrogens with zero attached hydrogens (tertiary/aromatic N) is 1. The Kier molecular flexibility index (Phi) is 6.43. The van der Waals surface area contributed by atoms with Crippen molar-refractivity contribution >= 4 is 17.7 Å². The van der Waals surface area contributed by atoms with Crippen molar-refractivity contribution in [1.29, 1.82) is 0 Å². The summed E-state index contributed by atoms with van der Waals surface area (Å²) in [5, 5.41) is 3.07. The largest absolute Gasteiger partial charge is 0.488 e. The second-order valence-electron chi connectivity index (χ2n) is 7.56. The summed E-state index contributed by atoms with van der Waals surface area (Å²) in [5.74, 6) is 0.982. The lowest BCUT2D eigenvalue weighted by Crippen LogP contribution is -2.50. The zero-order chi connectivity index (χ0) is 20.2. The highest BCUT2D eigenvalue weighted by atomic mass is 32.2. The van der Waals surface area contributed by atoms with Crippen LogP contribution in [0.5, 0.6) is 5.75 Å². The fourth-order valence-electron chi connectivity index (χ4n) is 3.89. The van der Waals surface area contributed by atoms with Crippen molar-refractivity contribution in [2.24, 2.45) is 0 Å². The van der Waals surface area contributed by atoms with Crippen molar-refractivity contribution < 1.29 is 14.3 Å². The first-order valence-corrected chi connectivity index (χ1v) is 11.4. The van der Waals surface area contributed by atoms with E-state index < -0.39 is 0 Å². The van der Waals surface area contributed by atoms with Gasteiger partial charge in [-0.25, -0.2) is 0 Å². The standard InChI is InChI=1S/C23H28N2O3S/c1-16(25-9-11-27-12-10-25)23(26)24-15-20-14-19-13-18(5-8-22(19)28-20)17-3-6-21(29-2)7-4-17/h3-8,13,16,20H,9-12,14-15H2,1-2H3,(H,24,26). The molecule has 4 rings (SSSR count). The summed E-state index contributed by atoms with van der Waals surface area (Å²) in [6.07, 6.45) is 2.89. The Hall–Kier alpha value is -2.02. The Morgan fingerprint density at radius 1 is 1.17 bits per heavy atom. The smallest absolute Gasteiger partial charge is 0.237 e. The van der Waals surface area contributed by atoms with Gasteiger partial charge < -0.3 is 14.8 Å². The van der Waals surface area contributed by atoms with Crippen LogP contribution in [0, 0.1) is 0 Å². The molecular weight excluding hydrogens is 384 g/mol. The molecule has 2 aliphatic heterocycles. The van der Waals surface area contributed by atoms with Gasteiger partial charge >= 0.3 is 0 Å². The third kappa shape index (κ3) is 4.77. The molecule has 29 heavy (non-hydrogen) atoms. The average molecular weight is 413 g/mol. The van der Waals surface area contributed by atoms with Crippen LogP contribution >= 0.6 is 11.8 Å². The van der Waals surface area contributed by atoms with Gasteiger partial charge in [0.25, 0.3) is 0 Å². The molecule has 1 saturated heterocycles. The molecule has 2 atom stereocenters. The minimum atomic E-state index is -0.140. The number of rotatable bonds is 6. The van der Waals surface area contributed by atoms with E-state index in [4.69, 9.17) is 9.47 Å². The molecule has 0 aliphatic carbocycles. The second kappa shape index (κ2) is 9.20. The molecule has 1 fully saturated rings. The van der Waals surface area contributed by atoms with Crippen LogP contribution in [0.4, 0.5) is 0 Å². The molecule has 2 aromatic rings. The normalized spacial score (nSPS) is 20.0. The molecule has 2 heterocycles. The van der Waals surface area contributed by atoms with E-state index in [1.807, 2.05) is 13.0 Å². The monoisotopic (exact) mass is 412 g/mol. The number of carbonyl (C=O) groups is 1. The van der Waals surface area contributed by atoms with Gasteiger partial charge in [-0.05, 0) is 54.1 Å². The molecule has 1 N–H and O–H groups in total. The third-order valence-electron chi connectivity index (χ3n) is 5.70. The van der Waals surface area contributed by atoms with E-state index >= 15 is 0 Å². The number of thioether (sulfide) groups is 1. The fourth-order valence-corrected chi connectivity index (χ4v) is 4.30. The van der Waals surface area contributed by atoms with E-state index in [2.05, 4.69) is 52.9 Å². The van der Waals surface area contributed by atoms with Crippen LogP contribution in [0.25, 0.3) is 11.1 Å². The molecule has 2 aliphatic rings. The van der Waals surface area contributed by atoms with E-state index in [1.165, 1.54) is 21.6 Å². The van der Waals surface area contributed by atoms with E-state index in [9.17, 15) is 4.79 Å². The first-order valence-electron chi connectivity index (χ1n) is 10.2. The summed E-state index contributed by atoms with van der Waals surface area (Å²) in [7, 11) is 0. The number of nitrogens with one attached hydrogen (secondary N) is 1. The van der Waals surface area contributed by atoms with Gasteiger partial charge in [-0.15, -0.1) is 11.8 Å². The number of carbonyl (C=O) groups excluding carboxylic acids is 1. The number of ether oxygens (including phenoxy) is 2. The molecule has 6 heteroatoms. The SMILES string of the molecule is CSc1ccc(-c2ccc3c(c2)CC(CNC(=O)C(C)N2CCOCC2)O3)cc1. The van der Waals surface area contributed by atoms with E-state index in [0.29, 0.717) is 19.8 Å². The average Bonchev–Trinajstić information content (AvgIpc) is 3.19. The molecule has 2 aromatic carbocycles. The predicted octanol–water partition coefficient (Wildman–Crippen LogP) is 3.22. The molecule has 0 bridgehead atoms. The van der Waals surface area contributed by atoms with Gasteiger partial charge in [0.05, 0.1) is 25.8 Å². The van der Waals surface area contributed by atoms with E-state index in [1.54, 1.807) is 11.8 Å². The number of hydrogen-bond acceptors (Lipinski definition) is 5. The molecule has 0 radical (unpaired) electrons. The first kappa shape index (κ1) is 20.3. The molecular formula is C23H28N2O3S. The zero-order valence-electron chi connectivity index (χ0n) is 17.0. The second-order valence-corrected chi connectivity index (χ2v) is 8.44. The molecule has 5 nitrogen and oxygen atoms in total. The summed E-state index contributed by atoms with van der Waals surface area (Å²) in [6, 6.07) is 14.8. The first-order chi connectivity index (χ1) is 14.1. The lowest BCUT2D eigenvalue weighted by atomic mass is 10.0. The van der Waals surface area contributed by atoms with Gasteiger partial charge in [0.15, 0.2) is 0 Å². The Morgan fingerprint density at radius 3 is 2.62 bits per heavy atom. The Balaban J connectivity index is 1.33.